The molecule has 1 aliphatic carbocycles. The van der Waals surface area contributed by atoms with Crippen molar-refractivity contribution in [3.05, 3.63) is 142 Å². The van der Waals surface area contributed by atoms with E-state index in [4.69, 9.17) is 21.1 Å². The number of fused-ring (bicyclic) bond motifs is 2. The first-order valence-corrected chi connectivity index (χ1v) is 17.6. The Hall–Kier alpha value is -5.59. The number of amides is 2. The standard InChI is InChI=1S/C23H19NO2.C21H20ClNO2/c1-15-7-6-10-20-22(15)19(23(25)24-20)14-16-11-12-21(26-2)18(13-16)17-8-4-3-5-9-17;1-25-20-9-6-13(10-16(20)14-4-2-3-5-14)11-18-17-12-15(22)7-8-19(17)23-21(18)24/h3-14H,1-2H3,(H,24,25);6-12,14H,2-5H2,1H3,(H,23,24). The number of benzene rings is 5. The molecule has 6 nitrogen and oxygen atoms in total. The molecule has 5 aromatic carbocycles. The summed E-state index contributed by atoms with van der Waals surface area (Å²) in [6, 6.07) is 33.6. The van der Waals surface area contributed by atoms with Crippen molar-refractivity contribution in [2.75, 3.05) is 24.9 Å². The van der Waals surface area contributed by atoms with Gasteiger partial charge in [-0.1, -0.05) is 79.0 Å². The number of nitrogens with one attached hydrogen (secondary N) is 2. The maximum absolute atomic E-state index is 12.5. The van der Waals surface area contributed by atoms with Gasteiger partial charge in [0, 0.05) is 44.2 Å². The molecule has 1 saturated carbocycles. The van der Waals surface area contributed by atoms with Crippen molar-refractivity contribution in [3.8, 4) is 22.6 Å². The summed E-state index contributed by atoms with van der Waals surface area (Å²) in [4.78, 5) is 24.8. The van der Waals surface area contributed by atoms with Crippen LogP contribution in [0.3, 0.4) is 0 Å². The van der Waals surface area contributed by atoms with Gasteiger partial charge in [0.25, 0.3) is 11.8 Å². The highest BCUT2D eigenvalue weighted by atomic mass is 35.5. The molecule has 3 aliphatic rings. The molecule has 2 amide bonds. The first-order valence-electron chi connectivity index (χ1n) is 17.2. The maximum atomic E-state index is 12.5. The van der Waals surface area contributed by atoms with Crippen molar-refractivity contribution in [1.82, 2.24) is 0 Å². The number of rotatable bonds is 6. The van der Waals surface area contributed by atoms with E-state index in [9.17, 15) is 9.59 Å². The van der Waals surface area contributed by atoms with Gasteiger partial charge in [-0.05, 0) is 114 Å². The van der Waals surface area contributed by atoms with Gasteiger partial charge in [0.05, 0.1) is 14.2 Å². The summed E-state index contributed by atoms with van der Waals surface area (Å²) in [5.41, 5.74) is 11.3. The Kier molecular flexibility index (Phi) is 9.78. The molecule has 2 aliphatic heterocycles. The number of carbonyl (C=O) groups is 2. The molecule has 7 heteroatoms. The number of hydrogen-bond acceptors (Lipinski definition) is 4. The quantitative estimate of drug-likeness (QED) is 0.173. The molecular weight excluding hydrogens is 656 g/mol. The van der Waals surface area contributed by atoms with Gasteiger partial charge < -0.3 is 20.1 Å². The van der Waals surface area contributed by atoms with Gasteiger partial charge in [0.15, 0.2) is 0 Å². The Morgan fingerprint density at radius 2 is 1.33 bits per heavy atom. The van der Waals surface area contributed by atoms with E-state index in [0.717, 1.165) is 61.8 Å². The Labute approximate surface area is 303 Å². The Balaban J connectivity index is 0.000000159. The highest BCUT2D eigenvalue weighted by molar-refractivity contribution is 6.37. The van der Waals surface area contributed by atoms with E-state index in [1.807, 2.05) is 91.9 Å². The number of ether oxygens (including phenoxy) is 2. The normalized spacial score (nSPS) is 16.3. The summed E-state index contributed by atoms with van der Waals surface area (Å²) in [7, 11) is 3.39. The number of aryl methyl sites for hydroxylation is 1. The largest absolute Gasteiger partial charge is 0.496 e. The van der Waals surface area contributed by atoms with Crippen LogP contribution in [0.15, 0.2) is 103 Å². The van der Waals surface area contributed by atoms with Crippen LogP contribution in [0.5, 0.6) is 11.5 Å². The van der Waals surface area contributed by atoms with E-state index in [1.165, 1.54) is 31.2 Å². The fourth-order valence-electron chi connectivity index (χ4n) is 7.26. The Morgan fingerprint density at radius 3 is 2.08 bits per heavy atom. The second-order valence-corrected chi connectivity index (χ2v) is 13.5. The van der Waals surface area contributed by atoms with Gasteiger partial charge in [0.2, 0.25) is 0 Å². The van der Waals surface area contributed by atoms with Crippen LogP contribution >= 0.6 is 11.6 Å². The first kappa shape index (κ1) is 33.9. The zero-order valence-electron chi connectivity index (χ0n) is 28.9. The van der Waals surface area contributed by atoms with E-state index >= 15 is 0 Å². The van der Waals surface area contributed by atoms with Gasteiger partial charge in [-0.15, -0.1) is 0 Å². The number of methoxy groups -OCH3 is 2. The number of anilines is 2. The topological polar surface area (TPSA) is 76.7 Å². The maximum Gasteiger partial charge on any atom is 0.256 e. The Bertz CT molecular complexity index is 2200. The molecule has 256 valence electrons. The molecule has 0 aromatic heterocycles. The second kappa shape index (κ2) is 14.7. The van der Waals surface area contributed by atoms with E-state index in [1.54, 1.807) is 20.3 Å². The van der Waals surface area contributed by atoms with Crippen LogP contribution in [0.4, 0.5) is 11.4 Å². The zero-order chi connectivity index (χ0) is 35.5. The lowest BCUT2D eigenvalue weighted by Crippen LogP contribution is -2.03. The number of carbonyl (C=O) groups excluding carboxylic acids is 2. The van der Waals surface area contributed by atoms with Gasteiger partial charge in [-0.25, -0.2) is 0 Å². The predicted molar refractivity (Wildman–Crippen MR) is 208 cm³/mol. The minimum Gasteiger partial charge on any atom is -0.496 e. The molecule has 1 fully saturated rings. The summed E-state index contributed by atoms with van der Waals surface area (Å²) in [6.07, 6.45) is 8.83. The van der Waals surface area contributed by atoms with Crippen LogP contribution in [0.1, 0.15) is 65.0 Å². The summed E-state index contributed by atoms with van der Waals surface area (Å²) in [6.45, 7) is 2.02. The molecular formula is C44H39ClN2O4. The molecule has 2 N–H and O–H groups in total. The smallest absolute Gasteiger partial charge is 0.256 e. The second-order valence-electron chi connectivity index (χ2n) is 13.0. The SMILES string of the molecule is COc1ccc(C=C2C(=O)Nc3ccc(Cl)cc32)cc1C1CCCC1.COc1ccc(C=C2C(=O)Nc3cccc(C)c32)cc1-c1ccccc1. The van der Waals surface area contributed by atoms with Crippen molar-refractivity contribution < 1.29 is 19.1 Å². The third-order valence-electron chi connectivity index (χ3n) is 9.78. The highest BCUT2D eigenvalue weighted by Crippen LogP contribution is 2.41. The van der Waals surface area contributed by atoms with Crippen LogP contribution < -0.4 is 20.1 Å². The van der Waals surface area contributed by atoms with Gasteiger partial charge >= 0.3 is 0 Å². The fourth-order valence-corrected chi connectivity index (χ4v) is 7.44. The van der Waals surface area contributed by atoms with Crippen LogP contribution in [-0.4, -0.2) is 26.0 Å². The minimum atomic E-state index is -0.0875. The summed E-state index contributed by atoms with van der Waals surface area (Å²) >= 11 is 6.11. The van der Waals surface area contributed by atoms with Gasteiger partial charge in [-0.2, -0.15) is 0 Å². The van der Waals surface area contributed by atoms with Gasteiger partial charge in [0.1, 0.15) is 11.5 Å². The molecule has 0 atom stereocenters. The van der Waals surface area contributed by atoms with E-state index in [-0.39, 0.29) is 11.8 Å². The van der Waals surface area contributed by atoms with Crippen LogP contribution in [-0.2, 0) is 9.59 Å². The van der Waals surface area contributed by atoms with Crippen LogP contribution in [0, 0.1) is 6.92 Å². The van der Waals surface area contributed by atoms with E-state index < -0.39 is 0 Å². The van der Waals surface area contributed by atoms with E-state index in [0.29, 0.717) is 22.1 Å². The molecule has 51 heavy (non-hydrogen) atoms. The summed E-state index contributed by atoms with van der Waals surface area (Å²) in [5, 5.41) is 6.47. The van der Waals surface area contributed by atoms with Crippen molar-refractivity contribution in [2.24, 2.45) is 0 Å². The molecule has 0 unspecified atom stereocenters. The molecule has 0 spiro atoms. The lowest BCUT2D eigenvalue weighted by Gasteiger charge is -2.15. The van der Waals surface area contributed by atoms with Crippen LogP contribution in [0.2, 0.25) is 5.02 Å². The van der Waals surface area contributed by atoms with Crippen molar-refractivity contribution in [1.29, 1.82) is 0 Å². The monoisotopic (exact) mass is 694 g/mol. The number of halogens is 1. The lowest BCUT2D eigenvalue weighted by molar-refractivity contribution is -0.111. The highest BCUT2D eigenvalue weighted by Gasteiger charge is 2.27. The van der Waals surface area contributed by atoms with E-state index in [2.05, 4.69) is 34.9 Å². The molecule has 0 saturated heterocycles. The Morgan fingerprint density at radius 1 is 0.667 bits per heavy atom. The minimum absolute atomic E-state index is 0.0635. The lowest BCUT2D eigenvalue weighted by atomic mass is 9.94. The molecule has 2 heterocycles. The number of hydrogen-bond donors (Lipinski definition) is 2. The van der Waals surface area contributed by atoms with Crippen molar-refractivity contribution >= 4 is 58.1 Å². The summed E-state index contributed by atoms with van der Waals surface area (Å²) in [5.74, 6) is 2.15. The third kappa shape index (κ3) is 7.05. The molecule has 0 bridgehead atoms. The summed E-state index contributed by atoms with van der Waals surface area (Å²) < 4.78 is 11.1. The van der Waals surface area contributed by atoms with Crippen LogP contribution in [0.25, 0.3) is 34.4 Å². The van der Waals surface area contributed by atoms with Crippen molar-refractivity contribution in [3.63, 3.8) is 0 Å². The first-order chi connectivity index (χ1) is 24.8. The average Bonchev–Trinajstić information content (AvgIpc) is 3.87. The molecule has 0 radical (unpaired) electrons. The van der Waals surface area contributed by atoms with Gasteiger partial charge in [-0.3, -0.25) is 9.59 Å². The van der Waals surface area contributed by atoms with Crippen molar-refractivity contribution in [2.45, 2.75) is 38.5 Å². The third-order valence-corrected chi connectivity index (χ3v) is 10.0. The zero-order valence-corrected chi connectivity index (χ0v) is 29.6. The fraction of sp³-hybridized carbons (Fsp3) is 0.182. The molecule has 8 rings (SSSR count). The molecule has 5 aromatic rings. The average molecular weight is 695 g/mol. The predicted octanol–water partition coefficient (Wildman–Crippen LogP) is 10.7.